The van der Waals surface area contributed by atoms with Crippen molar-refractivity contribution in [3.63, 3.8) is 0 Å². The molecule has 1 aliphatic heterocycles. The van der Waals surface area contributed by atoms with E-state index in [0.717, 1.165) is 29.1 Å². The average molecular weight is 742 g/mol. The van der Waals surface area contributed by atoms with Gasteiger partial charge in [-0.05, 0) is 58.8 Å². The zero-order chi connectivity index (χ0) is 36.9. The normalized spacial score (nSPS) is 13.2. The molecule has 53 heavy (non-hydrogen) atoms. The number of nitrogens with one attached hydrogen (secondary N) is 2. The summed E-state index contributed by atoms with van der Waals surface area (Å²) in [5.41, 5.74) is 4.05. The summed E-state index contributed by atoms with van der Waals surface area (Å²) in [5, 5.41) is 16.6. The number of amides is 2. The van der Waals surface area contributed by atoms with Crippen LogP contribution in [0, 0.1) is 0 Å². The van der Waals surface area contributed by atoms with Gasteiger partial charge in [-0.1, -0.05) is 91.0 Å². The van der Waals surface area contributed by atoms with E-state index in [2.05, 4.69) is 27.7 Å². The van der Waals surface area contributed by atoms with E-state index in [1.54, 1.807) is 48.5 Å². The second-order valence-electron chi connectivity index (χ2n) is 12.5. The van der Waals surface area contributed by atoms with Gasteiger partial charge in [0, 0.05) is 46.0 Å². The van der Waals surface area contributed by atoms with Crippen molar-refractivity contribution in [3.05, 3.63) is 160 Å². The van der Waals surface area contributed by atoms with Crippen LogP contribution in [0.4, 0.5) is 10.7 Å². The molecule has 1 aliphatic rings. The van der Waals surface area contributed by atoms with Crippen LogP contribution < -0.4 is 10.6 Å². The summed E-state index contributed by atoms with van der Waals surface area (Å²) in [4.78, 5) is 57.0. The zero-order valence-corrected chi connectivity index (χ0v) is 30.3. The molecule has 11 heteroatoms. The van der Waals surface area contributed by atoms with Crippen molar-refractivity contribution in [2.45, 2.75) is 29.7 Å². The van der Waals surface area contributed by atoms with Crippen LogP contribution in [-0.2, 0) is 29.0 Å². The predicted octanol–water partition coefficient (Wildman–Crippen LogP) is 8.67. The van der Waals surface area contributed by atoms with Gasteiger partial charge in [0.1, 0.15) is 10.3 Å². The number of methoxy groups -OCH3 is 1. The number of carbonyl (C=O) groups is 4. The Balaban J connectivity index is 1.13. The lowest BCUT2D eigenvalue weighted by Gasteiger charge is -2.27. The van der Waals surface area contributed by atoms with E-state index in [1.807, 2.05) is 54.6 Å². The molecule has 0 fully saturated rings. The summed E-state index contributed by atoms with van der Waals surface area (Å²) >= 11 is 2.72. The van der Waals surface area contributed by atoms with Gasteiger partial charge < -0.3 is 20.5 Å². The van der Waals surface area contributed by atoms with Gasteiger partial charge >= 0.3 is 11.9 Å². The highest BCUT2D eigenvalue weighted by Gasteiger charge is 2.31. The first-order valence-corrected chi connectivity index (χ1v) is 18.7. The Morgan fingerprint density at radius 1 is 0.849 bits per heavy atom. The minimum atomic E-state index is -1.12. The number of benzene rings is 5. The summed E-state index contributed by atoms with van der Waals surface area (Å²) in [5.74, 6) is -2.37. The number of thioether (sulfide) groups is 1. The highest BCUT2D eigenvalue weighted by molar-refractivity contribution is 8.00. The molecule has 2 heterocycles. The maximum Gasteiger partial charge on any atom is 0.341 e. The molecule has 0 spiro atoms. The summed E-state index contributed by atoms with van der Waals surface area (Å²) in [6.07, 6.45) is 0.657. The smallest absolute Gasteiger partial charge is 0.341 e. The Morgan fingerprint density at radius 2 is 1.55 bits per heavy atom. The summed E-state index contributed by atoms with van der Waals surface area (Å²) in [6, 6.07) is 36.8. The number of carboxylic acids is 1. The van der Waals surface area contributed by atoms with Crippen molar-refractivity contribution in [2.24, 2.45) is 0 Å². The molecule has 3 N–H and O–H groups in total. The van der Waals surface area contributed by atoms with E-state index in [9.17, 15) is 24.3 Å². The van der Waals surface area contributed by atoms with Crippen LogP contribution in [0.5, 0.6) is 0 Å². The predicted molar refractivity (Wildman–Crippen MR) is 209 cm³/mol. The molecule has 9 nitrogen and oxygen atoms in total. The first kappa shape index (κ1) is 35.6. The number of anilines is 2. The van der Waals surface area contributed by atoms with Crippen molar-refractivity contribution in [2.75, 3.05) is 24.3 Å². The van der Waals surface area contributed by atoms with Gasteiger partial charge in [0.15, 0.2) is 0 Å². The van der Waals surface area contributed by atoms with Gasteiger partial charge in [-0.15, -0.1) is 23.1 Å². The van der Waals surface area contributed by atoms with Crippen LogP contribution >= 0.6 is 23.1 Å². The molecule has 266 valence electrons. The molecular formula is C42H35N3O6S2. The average Bonchev–Trinajstić information content (AvgIpc) is 3.53. The lowest BCUT2D eigenvalue weighted by molar-refractivity contribution is -0.115. The number of fused-ring (bicyclic) bond motifs is 2. The maximum absolute atomic E-state index is 14.3. The Labute approximate surface area is 314 Å². The van der Waals surface area contributed by atoms with E-state index in [4.69, 9.17) is 4.74 Å². The second kappa shape index (κ2) is 15.9. The molecule has 2 amide bonds. The molecule has 5 aromatic carbocycles. The largest absolute Gasteiger partial charge is 0.478 e. The number of hydrogen-bond donors (Lipinski definition) is 3. The van der Waals surface area contributed by atoms with Crippen LogP contribution in [0.15, 0.2) is 126 Å². The molecule has 0 radical (unpaired) electrons. The molecule has 1 unspecified atom stereocenters. The van der Waals surface area contributed by atoms with Crippen LogP contribution in [0.2, 0.25) is 0 Å². The first-order valence-electron chi connectivity index (χ1n) is 17.0. The molecule has 0 aliphatic carbocycles. The number of nitrogens with zero attached hydrogens (tertiary/aromatic N) is 1. The third kappa shape index (κ3) is 7.87. The zero-order valence-electron chi connectivity index (χ0n) is 28.7. The number of thiophene rings is 1. The lowest BCUT2D eigenvalue weighted by Crippen LogP contribution is -2.29. The Hall–Kier alpha value is -5.75. The van der Waals surface area contributed by atoms with Gasteiger partial charge in [-0.25, -0.2) is 9.59 Å². The van der Waals surface area contributed by atoms with Crippen molar-refractivity contribution >= 4 is 68.3 Å². The lowest BCUT2D eigenvalue weighted by atomic mass is 9.98. The SMILES string of the molecule is COC(=O)c1c(NC(=O)C(Sc2cccc(NC(=O)c3cccc4cccc(C(=O)O)c34)c2)c2ccccc2)sc2c1CCN(Cc1ccccc1)C2. The third-order valence-electron chi connectivity index (χ3n) is 9.08. The quantitative estimate of drug-likeness (QED) is 0.0891. The minimum Gasteiger partial charge on any atom is -0.478 e. The fourth-order valence-electron chi connectivity index (χ4n) is 6.61. The maximum atomic E-state index is 14.3. The van der Waals surface area contributed by atoms with Gasteiger partial charge in [0.05, 0.1) is 18.2 Å². The standard InChI is InChI=1S/C42H35N3O6S2/c1-51-42(50)36-31-21-22-45(24-26-11-4-2-5-12-26)25-34(31)53-40(36)44-39(47)37(28-13-6-3-7-14-28)52-30-18-10-17-29(23-30)43-38(46)32-19-8-15-27-16-9-20-33(35(27)32)41(48)49/h2-20,23,37H,21-22,24-25H2,1H3,(H,43,46)(H,44,47)(H,48,49). The van der Waals surface area contributed by atoms with E-state index in [-0.39, 0.29) is 17.0 Å². The van der Waals surface area contributed by atoms with E-state index in [1.165, 1.54) is 41.8 Å². The number of carbonyl (C=O) groups excluding carboxylic acids is 3. The molecule has 0 bridgehead atoms. The highest BCUT2D eigenvalue weighted by atomic mass is 32.2. The highest BCUT2D eigenvalue weighted by Crippen LogP contribution is 2.41. The van der Waals surface area contributed by atoms with E-state index >= 15 is 0 Å². The number of aromatic carboxylic acids is 1. The molecule has 6 aromatic rings. The van der Waals surface area contributed by atoms with Crippen molar-refractivity contribution in [1.29, 1.82) is 0 Å². The molecule has 7 rings (SSSR count). The molecule has 0 saturated carbocycles. The fraction of sp³-hybridized carbons (Fsp3) is 0.143. The van der Waals surface area contributed by atoms with Gasteiger partial charge in [0.2, 0.25) is 5.91 Å². The van der Waals surface area contributed by atoms with E-state index in [0.29, 0.717) is 44.9 Å². The number of rotatable bonds is 11. The third-order valence-corrected chi connectivity index (χ3v) is 11.5. The molecule has 1 atom stereocenters. The minimum absolute atomic E-state index is 0.0423. The van der Waals surface area contributed by atoms with Crippen molar-refractivity contribution < 1.29 is 29.0 Å². The fourth-order valence-corrected chi connectivity index (χ4v) is 8.97. The number of carboxylic acid groups (broad SMARTS) is 1. The number of ether oxygens (including phenoxy) is 1. The molecule has 1 aromatic heterocycles. The first-order chi connectivity index (χ1) is 25.8. The number of esters is 1. The van der Waals surface area contributed by atoms with Gasteiger partial charge in [0.25, 0.3) is 5.91 Å². The van der Waals surface area contributed by atoms with E-state index < -0.39 is 23.1 Å². The summed E-state index contributed by atoms with van der Waals surface area (Å²) < 4.78 is 5.20. The van der Waals surface area contributed by atoms with Crippen molar-refractivity contribution in [3.8, 4) is 0 Å². The van der Waals surface area contributed by atoms with Crippen LogP contribution in [0.1, 0.15) is 57.9 Å². The van der Waals surface area contributed by atoms with Crippen LogP contribution in [0.3, 0.4) is 0 Å². The summed E-state index contributed by atoms with van der Waals surface area (Å²) in [6.45, 7) is 2.21. The van der Waals surface area contributed by atoms with Gasteiger partial charge in [-0.2, -0.15) is 0 Å². The van der Waals surface area contributed by atoms with Crippen LogP contribution in [0.25, 0.3) is 10.8 Å². The Morgan fingerprint density at radius 3 is 2.26 bits per heavy atom. The Bertz CT molecular complexity index is 2320. The number of hydrogen-bond acceptors (Lipinski definition) is 8. The second-order valence-corrected chi connectivity index (χ2v) is 14.8. The molecule has 0 saturated heterocycles. The summed E-state index contributed by atoms with van der Waals surface area (Å²) in [7, 11) is 1.35. The topological polar surface area (TPSA) is 125 Å². The molecular weight excluding hydrogens is 707 g/mol. The monoisotopic (exact) mass is 741 g/mol. The van der Waals surface area contributed by atoms with Gasteiger partial charge in [-0.3, -0.25) is 14.5 Å². The van der Waals surface area contributed by atoms with Crippen molar-refractivity contribution in [1.82, 2.24) is 4.90 Å². The Kier molecular flexibility index (Phi) is 10.7. The van der Waals surface area contributed by atoms with Crippen LogP contribution in [-0.4, -0.2) is 47.4 Å².